The maximum Gasteiger partial charge on any atom is 0.234 e. The summed E-state index contributed by atoms with van der Waals surface area (Å²) >= 11 is 0. The third-order valence-corrected chi connectivity index (χ3v) is 4.02. The zero-order valence-electron chi connectivity index (χ0n) is 10.1. The van der Waals surface area contributed by atoms with Crippen LogP contribution in [-0.2, 0) is 4.79 Å². The van der Waals surface area contributed by atoms with Gasteiger partial charge < -0.3 is 10.1 Å². The van der Waals surface area contributed by atoms with Crippen LogP contribution in [0.2, 0.25) is 0 Å². The van der Waals surface area contributed by atoms with Gasteiger partial charge >= 0.3 is 0 Å². The minimum absolute atomic E-state index is 0.142. The molecule has 17 heavy (non-hydrogen) atoms. The first-order valence-electron chi connectivity index (χ1n) is 6.25. The second-order valence-corrected chi connectivity index (χ2v) is 5.18. The van der Waals surface area contributed by atoms with Crippen LogP contribution < -0.4 is 10.1 Å². The maximum atomic E-state index is 12.4. The molecular weight excluding hydrogens is 214 g/mol. The fourth-order valence-electron chi connectivity index (χ4n) is 2.87. The number of benzene rings is 1. The van der Waals surface area contributed by atoms with E-state index in [0.717, 1.165) is 42.7 Å². The van der Waals surface area contributed by atoms with Gasteiger partial charge in [-0.15, -0.1) is 0 Å². The molecule has 0 atom stereocenters. The first-order chi connectivity index (χ1) is 8.21. The fraction of sp³-hybridized carbons (Fsp3) is 0.500. The summed E-state index contributed by atoms with van der Waals surface area (Å²) in [5.74, 6) is 0.949. The number of anilines is 1. The van der Waals surface area contributed by atoms with E-state index in [9.17, 15) is 4.79 Å². The second kappa shape index (κ2) is 3.76. The van der Waals surface area contributed by atoms with E-state index in [2.05, 4.69) is 5.32 Å². The molecule has 1 aromatic carbocycles. The van der Waals surface area contributed by atoms with Crippen molar-refractivity contribution in [3.63, 3.8) is 0 Å². The van der Waals surface area contributed by atoms with Gasteiger partial charge in [0.05, 0.1) is 11.1 Å². The number of carbonyl (C=O) groups is 1. The van der Waals surface area contributed by atoms with Gasteiger partial charge in [0.15, 0.2) is 0 Å². The van der Waals surface area contributed by atoms with E-state index in [4.69, 9.17) is 4.74 Å². The van der Waals surface area contributed by atoms with E-state index in [-0.39, 0.29) is 11.3 Å². The number of ether oxygens (including phenoxy) is 1. The molecule has 1 heterocycles. The van der Waals surface area contributed by atoms with Crippen LogP contribution in [-0.4, -0.2) is 12.5 Å². The smallest absolute Gasteiger partial charge is 0.234 e. The largest absolute Gasteiger partial charge is 0.490 e. The molecule has 0 saturated heterocycles. The highest BCUT2D eigenvalue weighted by Crippen LogP contribution is 2.43. The summed E-state index contributed by atoms with van der Waals surface area (Å²) in [4.78, 5) is 12.4. The maximum absolute atomic E-state index is 12.4. The topological polar surface area (TPSA) is 38.3 Å². The second-order valence-electron chi connectivity index (χ2n) is 5.18. The number of hydrogen-bond donors (Lipinski definition) is 1. The molecule has 3 nitrogen and oxygen atoms in total. The quantitative estimate of drug-likeness (QED) is 0.745. The van der Waals surface area contributed by atoms with Crippen molar-refractivity contribution in [2.75, 3.05) is 11.9 Å². The van der Waals surface area contributed by atoms with Crippen LogP contribution in [0.15, 0.2) is 18.2 Å². The molecule has 0 unspecified atom stereocenters. The number of nitrogens with one attached hydrogen (secondary N) is 1. The highest BCUT2D eigenvalue weighted by atomic mass is 16.5. The SMILES string of the molecule is Cc1cccc2c1NC(=O)C1(CCCC1)CO2. The van der Waals surface area contributed by atoms with E-state index in [0.29, 0.717) is 6.61 Å². The van der Waals surface area contributed by atoms with Crippen LogP contribution in [0.4, 0.5) is 5.69 Å². The number of carbonyl (C=O) groups excluding carboxylic acids is 1. The summed E-state index contributed by atoms with van der Waals surface area (Å²) < 4.78 is 5.85. The predicted octanol–water partition coefficient (Wildman–Crippen LogP) is 2.89. The van der Waals surface area contributed by atoms with Gasteiger partial charge in [-0.1, -0.05) is 25.0 Å². The normalized spacial score (nSPS) is 21.6. The van der Waals surface area contributed by atoms with Crippen molar-refractivity contribution in [3.8, 4) is 5.75 Å². The number of hydrogen-bond acceptors (Lipinski definition) is 2. The van der Waals surface area contributed by atoms with E-state index in [1.807, 2.05) is 25.1 Å². The zero-order valence-corrected chi connectivity index (χ0v) is 10.1. The lowest BCUT2D eigenvalue weighted by Crippen LogP contribution is -2.37. The molecule has 3 heteroatoms. The molecule has 90 valence electrons. The summed E-state index contributed by atoms with van der Waals surface area (Å²) in [6, 6.07) is 5.89. The molecule has 2 aliphatic rings. The number of fused-ring (bicyclic) bond motifs is 1. The number of amides is 1. The van der Waals surface area contributed by atoms with Crippen LogP contribution in [0.1, 0.15) is 31.2 Å². The van der Waals surface area contributed by atoms with Gasteiger partial charge in [-0.3, -0.25) is 4.79 Å². The lowest BCUT2D eigenvalue weighted by molar-refractivity contribution is -0.126. The molecule has 1 aromatic rings. The molecule has 3 rings (SSSR count). The number of para-hydroxylation sites is 1. The van der Waals surface area contributed by atoms with Crippen LogP contribution in [0.3, 0.4) is 0 Å². The first kappa shape index (κ1) is 10.6. The van der Waals surface area contributed by atoms with Gasteiger partial charge in [0.25, 0.3) is 0 Å². The van der Waals surface area contributed by atoms with Gasteiger partial charge in [-0.25, -0.2) is 0 Å². The van der Waals surface area contributed by atoms with Crippen molar-refractivity contribution >= 4 is 11.6 Å². The Labute approximate surface area is 101 Å². The monoisotopic (exact) mass is 231 g/mol. The van der Waals surface area contributed by atoms with Crippen LogP contribution in [0, 0.1) is 12.3 Å². The lowest BCUT2D eigenvalue weighted by Gasteiger charge is -2.23. The Hall–Kier alpha value is -1.51. The zero-order chi connectivity index (χ0) is 11.9. The van der Waals surface area contributed by atoms with Gasteiger partial charge in [0, 0.05) is 0 Å². The van der Waals surface area contributed by atoms with Crippen molar-refractivity contribution in [3.05, 3.63) is 23.8 Å². The molecular formula is C14H17NO2. The summed E-state index contributed by atoms with van der Waals surface area (Å²) in [6.07, 6.45) is 4.16. The van der Waals surface area contributed by atoms with Crippen LogP contribution in [0.25, 0.3) is 0 Å². The van der Waals surface area contributed by atoms with Gasteiger partial charge in [0.1, 0.15) is 12.4 Å². The molecule has 1 saturated carbocycles. The standard InChI is InChI=1S/C14H17NO2/c1-10-5-4-6-11-12(10)15-13(16)14(9-17-11)7-2-3-8-14/h4-6H,2-3,7-9H2,1H3,(H,15,16). The minimum Gasteiger partial charge on any atom is -0.490 e. The van der Waals surface area contributed by atoms with Crippen molar-refractivity contribution in [1.29, 1.82) is 0 Å². The molecule has 1 N–H and O–H groups in total. The van der Waals surface area contributed by atoms with Crippen molar-refractivity contribution in [2.45, 2.75) is 32.6 Å². The molecule has 1 aliphatic heterocycles. The van der Waals surface area contributed by atoms with E-state index in [1.165, 1.54) is 0 Å². The molecule has 0 bridgehead atoms. The predicted molar refractivity (Wildman–Crippen MR) is 66.2 cm³/mol. The number of aryl methyl sites for hydroxylation is 1. The summed E-state index contributed by atoms with van der Waals surface area (Å²) in [5, 5.41) is 3.06. The van der Waals surface area contributed by atoms with E-state index < -0.39 is 0 Å². The molecule has 1 amide bonds. The summed E-state index contributed by atoms with van der Waals surface area (Å²) in [5.41, 5.74) is 1.62. The molecule has 1 fully saturated rings. The Bertz CT molecular complexity index is 461. The third kappa shape index (κ3) is 1.61. The van der Waals surface area contributed by atoms with Crippen molar-refractivity contribution < 1.29 is 9.53 Å². The van der Waals surface area contributed by atoms with Gasteiger partial charge in [-0.2, -0.15) is 0 Å². The molecule has 0 radical (unpaired) electrons. The van der Waals surface area contributed by atoms with Crippen molar-refractivity contribution in [1.82, 2.24) is 0 Å². The Balaban J connectivity index is 1.99. The summed E-state index contributed by atoms with van der Waals surface area (Å²) in [7, 11) is 0. The Morgan fingerprint density at radius 1 is 1.29 bits per heavy atom. The number of rotatable bonds is 0. The van der Waals surface area contributed by atoms with Crippen molar-refractivity contribution in [2.24, 2.45) is 5.41 Å². The Kier molecular flexibility index (Phi) is 2.35. The average molecular weight is 231 g/mol. The summed E-state index contributed by atoms with van der Waals surface area (Å²) in [6.45, 7) is 2.52. The highest BCUT2D eigenvalue weighted by Gasteiger charge is 2.43. The Morgan fingerprint density at radius 2 is 2.06 bits per heavy atom. The third-order valence-electron chi connectivity index (χ3n) is 4.02. The average Bonchev–Trinajstić information content (AvgIpc) is 2.74. The highest BCUT2D eigenvalue weighted by molar-refractivity contribution is 5.98. The van der Waals surface area contributed by atoms with Crippen LogP contribution >= 0.6 is 0 Å². The molecule has 1 aliphatic carbocycles. The van der Waals surface area contributed by atoms with E-state index >= 15 is 0 Å². The molecule has 0 aromatic heterocycles. The minimum atomic E-state index is -0.286. The first-order valence-corrected chi connectivity index (χ1v) is 6.25. The van der Waals surface area contributed by atoms with Gasteiger partial charge in [0.2, 0.25) is 5.91 Å². The van der Waals surface area contributed by atoms with Gasteiger partial charge in [-0.05, 0) is 31.4 Å². The lowest BCUT2D eigenvalue weighted by atomic mass is 9.86. The molecule has 1 spiro atoms. The van der Waals surface area contributed by atoms with Crippen LogP contribution in [0.5, 0.6) is 5.75 Å². The Morgan fingerprint density at radius 3 is 2.82 bits per heavy atom. The fourth-order valence-corrected chi connectivity index (χ4v) is 2.87. The van der Waals surface area contributed by atoms with E-state index in [1.54, 1.807) is 0 Å².